The summed E-state index contributed by atoms with van der Waals surface area (Å²) in [6, 6.07) is 0. The predicted octanol–water partition coefficient (Wildman–Crippen LogP) is 3.31. The standard InChI is InChI=1S/C12H21FOS/c13-7-3-1-2-6-12(14)8-10-4-5-11(9-12)15-10/h10-11,14H,1-9H2. The number of fused-ring (bicyclic) bond motifs is 2. The van der Waals surface area contributed by atoms with Crippen LogP contribution in [0.1, 0.15) is 51.4 Å². The molecule has 2 saturated heterocycles. The first-order chi connectivity index (χ1) is 7.22. The average Bonchev–Trinajstić information content (AvgIpc) is 2.54. The van der Waals surface area contributed by atoms with Crippen molar-refractivity contribution >= 4 is 11.8 Å². The van der Waals surface area contributed by atoms with Gasteiger partial charge in [0.2, 0.25) is 0 Å². The van der Waals surface area contributed by atoms with E-state index in [9.17, 15) is 9.50 Å². The molecule has 1 nitrogen and oxygen atoms in total. The van der Waals surface area contributed by atoms with Crippen molar-refractivity contribution in [3.8, 4) is 0 Å². The van der Waals surface area contributed by atoms with Crippen LogP contribution in [0, 0.1) is 0 Å². The SMILES string of the molecule is OC1(CCCCCF)CC2CCC(C1)S2. The lowest BCUT2D eigenvalue weighted by atomic mass is 9.88. The van der Waals surface area contributed by atoms with Crippen molar-refractivity contribution in [2.45, 2.75) is 67.5 Å². The van der Waals surface area contributed by atoms with Gasteiger partial charge in [-0.3, -0.25) is 4.39 Å². The molecule has 2 atom stereocenters. The van der Waals surface area contributed by atoms with Crippen molar-refractivity contribution < 1.29 is 9.50 Å². The van der Waals surface area contributed by atoms with E-state index in [1.807, 2.05) is 0 Å². The van der Waals surface area contributed by atoms with E-state index < -0.39 is 5.60 Å². The van der Waals surface area contributed by atoms with Crippen LogP contribution in [0.4, 0.5) is 4.39 Å². The van der Waals surface area contributed by atoms with Gasteiger partial charge in [0.1, 0.15) is 0 Å². The highest BCUT2D eigenvalue weighted by atomic mass is 32.2. The fourth-order valence-corrected chi connectivity index (χ4v) is 4.84. The van der Waals surface area contributed by atoms with E-state index in [0.29, 0.717) is 16.9 Å². The van der Waals surface area contributed by atoms with Crippen LogP contribution in [0.25, 0.3) is 0 Å². The van der Waals surface area contributed by atoms with Gasteiger partial charge in [-0.1, -0.05) is 12.8 Å². The zero-order valence-electron chi connectivity index (χ0n) is 9.25. The van der Waals surface area contributed by atoms with Gasteiger partial charge in [-0.05, 0) is 38.5 Å². The molecule has 2 aliphatic heterocycles. The molecule has 0 aromatic carbocycles. The van der Waals surface area contributed by atoms with E-state index in [1.165, 1.54) is 12.8 Å². The van der Waals surface area contributed by atoms with Gasteiger partial charge in [-0.2, -0.15) is 11.8 Å². The number of rotatable bonds is 5. The number of halogens is 1. The lowest BCUT2D eigenvalue weighted by Crippen LogP contribution is -2.37. The lowest BCUT2D eigenvalue weighted by Gasteiger charge is -2.36. The minimum atomic E-state index is -0.409. The summed E-state index contributed by atoms with van der Waals surface area (Å²) in [6.45, 7) is -0.209. The number of hydrogen-bond acceptors (Lipinski definition) is 2. The van der Waals surface area contributed by atoms with Crippen LogP contribution < -0.4 is 0 Å². The van der Waals surface area contributed by atoms with Gasteiger partial charge >= 0.3 is 0 Å². The molecule has 2 bridgehead atoms. The summed E-state index contributed by atoms with van der Waals surface area (Å²) in [7, 11) is 0. The molecule has 0 saturated carbocycles. The van der Waals surface area contributed by atoms with Crippen LogP contribution in [-0.2, 0) is 0 Å². The van der Waals surface area contributed by atoms with Crippen molar-refractivity contribution in [2.24, 2.45) is 0 Å². The summed E-state index contributed by atoms with van der Waals surface area (Å²) < 4.78 is 11.9. The van der Waals surface area contributed by atoms with Crippen LogP contribution in [0.3, 0.4) is 0 Å². The minimum absolute atomic E-state index is 0.209. The molecule has 0 aromatic heterocycles. The Labute approximate surface area is 95.8 Å². The zero-order chi connectivity index (χ0) is 10.7. The van der Waals surface area contributed by atoms with E-state index in [2.05, 4.69) is 11.8 Å². The summed E-state index contributed by atoms with van der Waals surface area (Å²) in [5.41, 5.74) is -0.409. The van der Waals surface area contributed by atoms with E-state index >= 15 is 0 Å². The van der Waals surface area contributed by atoms with E-state index in [0.717, 1.165) is 32.1 Å². The molecule has 2 heterocycles. The monoisotopic (exact) mass is 232 g/mol. The average molecular weight is 232 g/mol. The predicted molar refractivity (Wildman–Crippen MR) is 63.0 cm³/mol. The summed E-state index contributed by atoms with van der Waals surface area (Å²) in [5.74, 6) is 0. The van der Waals surface area contributed by atoms with E-state index in [4.69, 9.17) is 0 Å². The van der Waals surface area contributed by atoms with Crippen LogP contribution in [0.2, 0.25) is 0 Å². The lowest BCUT2D eigenvalue weighted by molar-refractivity contribution is 0.0129. The number of thioether (sulfide) groups is 1. The van der Waals surface area contributed by atoms with Crippen LogP contribution in [0.15, 0.2) is 0 Å². The molecule has 0 spiro atoms. The van der Waals surface area contributed by atoms with Crippen LogP contribution in [0.5, 0.6) is 0 Å². The van der Waals surface area contributed by atoms with Crippen molar-refractivity contribution in [1.82, 2.24) is 0 Å². The maximum Gasteiger partial charge on any atom is 0.0894 e. The Bertz CT molecular complexity index is 198. The van der Waals surface area contributed by atoms with Gasteiger partial charge in [0.25, 0.3) is 0 Å². The Kier molecular flexibility index (Phi) is 3.94. The molecular formula is C12H21FOS. The van der Waals surface area contributed by atoms with Crippen molar-refractivity contribution in [3.05, 3.63) is 0 Å². The van der Waals surface area contributed by atoms with Gasteiger partial charge in [0, 0.05) is 10.5 Å². The van der Waals surface area contributed by atoms with Crippen molar-refractivity contribution in [1.29, 1.82) is 0 Å². The molecule has 2 unspecified atom stereocenters. The summed E-state index contributed by atoms with van der Waals surface area (Å²) in [4.78, 5) is 0. The third-order valence-electron chi connectivity index (χ3n) is 3.69. The Balaban J connectivity index is 1.75. The summed E-state index contributed by atoms with van der Waals surface area (Å²) in [6.07, 6.45) is 8.02. The van der Waals surface area contributed by atoms with E-state index in [1.54, 1.807) is 0 Å². The minimum Gasteiger partial charge on any atom is -0.390 e. The Morgan fingerprint density at radius 3 is 2.40 bits per heavy atom. The highest BCUT2D eigenvalue weighted by Gasteiger charge is 2.42. The first-order valence-corrected chi connectivity index (χ1v) is 7.10. The third kappa shape index (κ3) is 3.10. The number of alkyl halides is 1. The third-order valence-corrected chi connectivity index (χ3v) is 5.26. The van der Waals surface area contributed by atoms with Crippen molar-refractivity contribution in [3.63, 3.8) is 0 Å². The van der Waals surface area contributed by atoms with Gasteiger partial charge in [0.05, 0.1) is 12.3 Å². The molecule has 0 radical (unpaired) electrons. The van der Waals surface area contributed by atoms with Gasteiger partial charge in [-0.15, -0.1) is 0 Å². The largest absolute Gasteiger partial charge is 0.390 e. The van der Waals surface area contributed by atoms with Gasteiger partial charge < -0.3 is 5.11 Å². The quantitative estimate of drug-likeness (QED) is 0.734. The Morgan fingerprint density at radius 1 is 1.13 bits per heavy atom. The maximum atomic E-state index is 11.9. The van der Waals surface area contributed by atoms with Gasteiger partial charge in [-0.25, -0.2) is 0 Å². The Hall–Kier alpha value is 0.240. The fourth-order valence-electron chi connectivity index (χ4n) is 2.94. The Morgan fingerprint density at radius 2 is 1.80 bits per heavy atom. The molecular weight excluding hydrogens is 211 g/mol. The molecule has 3 heteroatoms. The number of unbranched alkanes of at least 4 members (excludes halogenated alkanes) is 2. The molecule has 88 valence electrons. The smallest absolute Gasteiger partial charge is 0.0894 e. The van der Waals surface area contributed by atoms with Crippen LogP contribution >= 0.6 is 11.8 Å². The topological polar surface area (TPSA) is 20.2 Å². The second kappa shape index (κ2) is 5.05. The van der Waals surface area contributed by atoms with E-state index in [-0.39, 0.29) is 6.67 Å². The molecule has 15 heavy (non-hydrogen) atoms. The molecule has 2 aliphatic rings. The van der Waals surface area contributed by atoms with Crippen molar-refractivity contribution in [2.75, 3.05) is 6.67 Å². The normalized spacial score (nSPS) is 39.6. The number of aliphatic hydroxyl groups is 1. The molecule has 0 aliphatic carbocycles. The second-order valence-electron chi connectivity index (χ2n) is 5.09. The fraction of sp³-hybridized carbons (Fsp3) is 1.00. The molecule has 0 aromatic rings. The second-order valence-corrected chi connectivity index (χ2v) is 6.70. The summed E-state index contributed by atoms with van der Waals surface area (Å²) >= 11 is 2.08. The molecule has 1 N–H and O–H groups in total. The maximum absolute atomic E-state index is 11.9. The molecule has 2 fully saturated rings. The first kappa shape index (κ1) is 11.7. The zero-order valence-corrected chi connectivity index (χ0v) is 10.1. The van der Waals surface area contributed by atoms with Gasteiger partial charge in [0.15, 0.2) is 0 Å². The molecule has 0 amide bonds. The highest BCUT2D eigenvalue weighted by Crippen LogP contribution is 2.48. The highest BCUT2D eigenvalue weighted by molar-refractivity contribution is 8.00. The number of hydrogen-bond donors (Lipinski definition) is 1. The first-order valence-electron chi connectivity index (χ1n) is 6.16. The van der Waals surface area contributed by atoms with Crippen LogP contribution in [-0.4, -0.2) is 27.9 Å². The molecule has 2 rings (SSSR count). The summed E-state index contributed by atoms with van der Waals surface area (Å²) in [5, 5.41) is 11.9.